The molecule has 0 fully saturated rings. The largest absolute Gasteiger partial charge is 0.384 e. The third-order valence-corrected chi connectivity index (χ3v) is 4.15. The standard InChI is InChI=1S/C17H22N2O3S/c1-3-22-10-13-6-4-5-7-15(13)19-16(20)18-12-17(2,21)14-8-9-23-11-14/h4-9,11,21H,3,10,12H2,1-2H3,(H2,18,19,20)/t17-/m1/s1. The maximum absolute atomic E-state index is 12.1. The lowest BCUT2D eigenvalue weighted by atomic mass is 9.99. The average molecular weight is 334 g/mol. The number of nitrogens with one attached hydrogen (secondary N) is 2. The summed E-state index contributed by atoms with van der Waals surface area (Å²) >= 11 is 1.51. The molecular formula is C17H22N2O3S. The quantitative estimate of drug-likeness (QED) is 0.727. The van der Waals surface area contributed by atoms with Crippen molar-refractivity contribution < 1.29 is 14.6 Å². The molecule has 0 spiro atoms. The SMILES string of the molecule is CCOCc1ccccc1NC(=O)NC[C@@](C)(O)c1ccsc1. The van der Waals surface area contributed by atoms with E-state index in [9.17, 15) is 9.90 Å². The minimum absolute atomic E-state index is 0.128. The van der Waals surface area contributed by atoms with Gasteiger partial charge in [0.25, 0.3) is 0 Å². The van der Waals surface area contributed by atoms with Crippen molar-refractivity contribution in [1.82, 2.24) is 5.32 Å². The van der Waals surface area contributed by atoms with E-state index in [1.807, 2.05) is 48.0 Å². The van der Waals surface area contributed by atoms with Crippen molar-refractivity contribution in [2.75, 3.05) is 18.5 Å². The molecule has 1 heterocycles. The predicted octanol–water partition coefficient (Wildman–Crippen LogP) is 3.31. The fourth-order valence-electron chi connectivity index (χ4n) is 2.07. The lowest BCUT2D eigenvalue weighted by Gasteiger charge is -2.23. The van der Waals surface area contributed by atoms with Gasteiger partial charge in [0.2, 0.25) is 0 Å². The molecule has 1 atom stereocenters. The van der Waals surface area contributed by atoms with Crippen molar-refractivity contribution in [3.8, 4) is 0 Å². The number of anilines is 1. The number of carbonyl (C=O) groups is 1. The highest BCUT2D eigenvalue weighted by molar-refractivity contribution is 7.08. The molecule has 0 unspecified atom stereocenters. The third kappa shape index (κ3) is 5.06. The Morgan fingerprint density at radius 3 is 2.83 bits per heavy atom. The molecule has 0 radical (unpaired) electrons. The van der Waals surface area contributed by atoms with Crippen molar-refractivity contribution >= 4 is 23.1 Å². The minimum atomic E-state index is -1.10. The zero-order chi connectivity index (χ0) is 16.7. The molecule has 0 aliphatic rings. The maximum atomic E-state index is 12.1. The van der Waals surface area contributed by atoms with E-state index >= 15 is 0 Å². The van der Waals surface area contributed by atoms with Crippen molar-refractivity contribution in [2.45, 2.75) is 26.1 Å². The molecule has 6 heteroatoms. The van der Waals surface area contributed by atoms with Crippen molar-refractivity contribution in [3.05, 3.63) is 52.2 Å². The van der Waals surface area contributed by atoms with E-state index in [0.717, 1.165) is 11.1 Å². The van der Waals surface area contributed by atoms with Gasteiger partial charge in [-0.05, 0) is 42.3 Å². The summed E-state index contributed by atoms with van der Waals surface area (Å²) in [5, 5.41) is 19.7. The summed E-state index contributed by atoms with van der Waals surface area (Å²) in [4.78, 5) is 12.1. The second-order valence-electron chi connectivity index (χ2n) is 5.39. The van der Waals surface area contributed by atoms with E-state index in [2.05, 4.69) is 10.6 Å². The monoisotopic (exact) mass is 334 g/mol. The highest BCUT2D eigenvalue weighted by Crippen LogP contribution is 2.22. The molecule has 0 aliphatic heterocycles. The molecule has 1 aromatic carbocycles. The number of aliphatic hydroxyl groups is 1. The second-order valence-corrected chi connectivity index (χ2v) is 6.17. The van der Waals surface area contributed by atoms with Crippen LogP contribution < -0.4 is 10.6 Å². The second kappa shape index (κ2) is 8.10. The number of ether oxygens (including phenoxy) is 1. The summed E-state index contributed by atoms with van der Waals surface area (Å²) in [6.45, 7) is 4.79. The van der Waals surface area contributed by atoms with E-state index in [4.69, 9.17) is 4.74 Å². The first-order valence-electron chi connectivity index (χ1n) is 7.48. The topological polar surface area (TPSA) is 70.6 Å². The van der Waals surface area contributed by atoms with E-state index in [1.165, 1.54) is 11.3 Å². The van der Waals surface area contributed by atoms with Gasteiger partial charge >= 0.3 is 6.03 Å². The minimum Gasteiger partial charge on any atom is -0.384 e. The smallest absolute Gasteiger partial charge is 0.319 e. The van der Waals surface area contributed by atoms with Crippen molar-refractivity contribution in [1.29, 1.82) is 0 Å². The fraction of sp³-hybridized carbons (Fsp3) is 0.353. The molecule has 0 saturated heterocycles. The lowest BCUT2D eigenvalue weighted by Crippen LogP contribution is -2.40. The highest BCUT2D eigenvalue weighted by atomic mass is 32.1. The van der Waals surface area contributed by atoms with Crippen molar-refractivity contribution in [3.63, 3.8) is 0 Å². The molecule has 0 bridgehead atoms. The van der Waals surface area contributed by atoms with Crippen LogP contribution in [0.3, 0.4) is 0 Å². The number of carbonyl (C=O) groups excluding carboxylic acids is 1. The number of para-hydroxylation sites is 1. The van der Waals surface area contributed by atoms with Crippen LogP contribution in [0.15, 0.2) is 41.1 Å². The Morgan fingerprint density at radius 1 is 1.35 bits per heavy atom. The van der Waals surface area contributed by atoms with Gasteiger partial charge in [-0.1, -0.05) is 18.2 Å². The van der Waals surface area contributed by atoms with Crippen LogP contribution >= 0.6 is 11.3 Å². The zero-order valence-electron chi connectivity index (χ0n) is 13.3. The van der Waals surface area contributed by atoms with Gasteiger partial charge in [-0.15, -0.1) is 0 Å². The van der Waals surface area contributed by atoms with E-state index < -0.39 is 5.60 Å². The molecule has 0 saturated carbocycles. The summed E-state index contributed by atoms with van der Waals surface area (Å²) < 4.78 is 5.39. The number of amides is 2. The summed E-state index contributed by atoms with van der Waals surface area (Å²) in [5.41, 5.74) is 1.31. The Balaban J connectivity index is 1.92. The van der Waals surface area contributed by atoms with Gasteiger partial charge in [-0.3, -0.25) is 0 Å². The number of hydrogen-bond donors (Lipinski definition) is 3. The molecule has 2 aromatic rings. The van der Waals surface area contributed by atoms with Crippen LogP contribution in [0.2, 0.25) is 0 Å². The number of rotatable bonds is 7. The average Bonchev–Trinajstić information content (AvgIpc) is 3.08. The van der Waals surface area contributed by atoms with Gasteiger partial charge in [0, 0.05) is 17.9 Å². The van der Waals surface area contributed by atoms with Crippen LogP contribution in [0.1, 0.15) is 25.0 Å². The first-order valence-corrected chi connectivity index (χ1v) is 8.43. The van der Waals surface area contributed by atoms with Crippen LogP contribution in [-0.2, 0) is 16.9 Å². The number of benzene rings is 1. The highest BCUT2D eigenvalue weighted by Gasteiger charge is 2.24. The van der Waals surface area contributed by atoms with Gasteiger partial charge < -0.3 is 20.5 Å². The molecule has 0 aliphatic carbocycles. The molecule has 2 amide bonds. The van der Waals surface area contributed by atoms with E-state index in [-0.39, 0.29) is 12.6 Å². The van der Waals surface area contributed by atoms with Gasteiger partial charge in [-0.2, -0.15) is 11.3 Å². The Bertz CT molecular complexity index is 627. The summed E-state index contributed by atoms with van der Waals surface area (Å²) in [7, 11) is 0. The number of hydrogen-bond acceptors (Lipinski definition) is 4. The van der Waals surface area contributed by atoms with Crippen LogP contribution in [0.4, 0.5) is 10.5 Å². The first-order chi connectivity index (χ1) is 11.0. The van der Waals surface area contributed by atoms with E-state index in [1.54, 1.807) is 6.92 Å². The number of urea groups is 1. The predicted molar refractivity (Wildman–Crippen MR) is 92.7 cm³/mol. The van der Waals surface area contributed by atoms with Crippen LogP contribution in [0.5, 0.6) is 0 Å². The molecule has 124 valence electrons. The third-order valence-electron chi connectivity index (χ3n) is 3.46. The Hall–Kier alpha value is -1.89. The van der Waals surface area contributed by atoms with Crippen LogP contribution in [0.25, 0.3) is 0 Å². The normalized spacial score (nSPS) is 13.3. The maximum Gasteiger partial charge on any atom is 0.319 e. The number of thiophene rings is 1. The molecule has 23 heavy (non-hydrogen) atoms. The fourth-order valence-corrected chi connectivity index (χ4v) is 2.85. The zero-order valence-corrected chi connectivity index (χ0v) is 14.2. The lowest BCUT2D eigenvalue weighted by molar-refractivity contribution is 0.0604. The van der Waals surface area contributed by atoms with Crippen molar-refractivity contribution in [2.24, 2.45) is 0 Å². The molecule has 3 N–H and O–H groups in total. The Kier molecular flexibility index (Phi) is 6.15. The Labute approximate surface area is 140 Å². The van der Waals surface area contributed by atoms with Crippen LogP contribution in [0, 0.1) is 0 Å². The summed E-state index contributed by atoms with van der Waals surface area (Å²) in [6, 6.07) is 8.98. The molecule has 1 aromatic heterocycles. The summed E-state index contributed by atoms with van der Waals surface area (Å²) in [5.74, 6) is 0. The van der Waals surface area contributed by atoms with Crippen LogP contribution in [-0.4, -0.2) is 24.3 Å². The van der Waals surface area contributed by atoms with E-state index in [0.29, 0.717) is 18.9 Å². The first kappa shape index (κ1) is 17.5. The van der Waals surface area contributed by atoms with Gasteiger partial charge in [0.15, 0.2) is 0 Å². The van der Waals surface area contributed by atoms with Gasteiger partial charge in [-0.25, -0.2) is 4.79 Å². The summed E-state index contributed by atoms with van der Waals surface area (Å²) in [6.07, 6.45) is 0. The molecule has 2 rings (SSSR count). The van der Waals surface area contributed by atoms with Gasteiger partial charge in [0.05, 0.1) is 13.2 Å². The Morgan fingerprint density at radius 2 is 2.13 bits per heavy atom. The van der Waals surface area contributed by atoms with Gasteiger partial charge in [0.1, 0.15) is 5.60 Å². The molecular weight excluding hydrogens is 312 g/mol. The molecule has 5 nitrogen and oxygen atoms in total.